The molecule has 0 radical (unpaired) electrons. The topological polar surface area (TPSA) is 126 Å². The van der Waals surface area contributed by atoms with Gasteiger partial charge in [-0.2, -0.15) is 4.68 Å². The van der Waals surface area contributed by atoms with E-state index in [1.165, 1.54) is 0 Å². The molecule has 3 heterocycles. The van der Waals surface area contributed by atoms with E-state index in [0.717, 1.165) is 16.9 Å². The summed E-state index contributed by atoms with van der Waals surface area (Å²) in [6.45, 7) is 0.927. The van der Waals surface area contributed by atoms with Crippen LogP contribution in [0.4, 0.5) is 5.95 Å². The smallest absolute Gasteiger partial charge is 0.248 e. The molecule has 3 aromatic heterocycles. The first-order chi connectivity index (χ1) is 20.7. The minimum Gasteiger partial charge on any atom is -0.439 e. The number of nitrogens with two attached hydrogens (primary N) is 1. The van der Waals surface area contributed by atoms with E-state index >= 15 is 0 Å². The summed E-state index contributed by atoms with van der Waals surface area (Å²) in [5.74, 6) is 3.07. The third-order valence-electron chi connectivity index (χ3n) is 5.86. The van der Waals surface area contributed by atoms with Crippen molar-refractivity contribution in [1.29, 1.82) is 0 Å². The van der Waals surface area contributed by atoms with E-state index in [1.807, 2.05) is 103 Å². The molecule has 0 spiro atoms. The van der Waals surface area contributed by atoms with Crippen LogP contribution in [0.5, 0.6) is 23.3 Å². The van der Waals surface area contributed by atoms with Crippen molar-refractivity contribution in [3.63, 3.8) is 0 Å². The Morgan fingerprint density at radius 2 is 1.26 bits per heavy atom. The summed E-state index contributed by atoms with van der Waals surface area (Å²) in [5.41, 5.74) is 8.22. The summed E-state index contributed by atoms with van der Waals surface area (Å²) < 4.78 is 13.1. The number of aromatic nitrogens is 6. The van der Waals surface area contributed by atoms with Gasteiger partial charge in [0.15, 0.2) is 0 Å². The standard InChI is InChI=1S/C19H15ClN6O.C12H12N2O.ClH/c20-15-8-2-3-9-16(15)26-19(23-24-25-26)22-13-14-7-1-4-10-17(14)27-18-11-5-6-12-21-18;13-9-10-5-1-2-6-11(10)15-12-7-3-4-8-14-12;/h1-12H,13H2,(H,22,23,25);1-8H,9,13H2;1H. The van der Waals surface area contributed by atoms with Crippen molar-refractivity contribution in [2.45, 2.75) is 13.1 Å². The zero-order chi connectivity index (χ0) is 29.0. The molecule has 0 atom stereocenters. The molecule has 3 aromatic carbocycles. The number of pyridine rings is 2. The van der Waals surface area contributed by atoms with Crippen molar-refractivity contribution in [2.24, 2.45) is 5.73 Å². The minimum atomic E-state index is 0. The lowest BCUT2D eigenvalue weighted by Gasteiger charge is -2.12. The fourth-order valence-corrected chi connectivity index (χ4v) is 4.03. The van der Waals surface area contributed by atoms with Crippen LogP contribution in [0.25, 0.3) is 5.69 Å². The van der Waals surface area contributed by atoms with E-state index in [1.54, 1.807) is 23.1 Å². The lowest BCUT2D eigenvalue weighted by atomic mass is 10.2. The van der Waals surface area contributed by atoms with Gasteiger partial charge in [-0.1, -0.05) is 77.4 Å². The first-order valence-corrected chi connectivity index (χ1v) is 13.4. The fourth-order valence-electron chi connectivity index (χ4n) is 3.82. The van der Waals surface area contributed by atoms with E-state index in [-0.39, 0.29) is 12.4 Å². The Morgan fingerprint density at radius 1 is 0.698 bits per heavy atom. The summed E-state index contributed by atoms with van der Waals surface area (Å²) in [4.78, 5) is 8.28. The van der Waals surface area contributed by atoms with Crippen LogP contribution in [0.3, 0.4) is 0 Å². The van der Waals surface area contributed by atoms with E-state index in [0.29, 0.717) is 47.3 Å². The molecule has 12 heteroatoms. The highest BCUT2D eigenvalue weighted by Crippen LogP contribution is 2.26. The Morgan fingerprint density at radius 3 is 1.86 bits per heavy atom. The maximum absolute atomic E-state index is 6.25. The third-order valence-corrected chi connectivity index (χ3v) is 6.18. The largest absolute Gasteiger partial charge is 0.439 e. The number of anilines is 1. The lowest BCUT2D eigenvalue weighted by molar-refractivity contribution is 0.457. The average Bonchev–Trinajstić information content (AvgIpc) is 3.51. The predicted molar refractivity (Wildman–Crippen MR) is 168 cm³/mol. The Kier molecular flexibility index (Phi) is 11.4. The number of nitrogens with one attached hydrogen (secondary N) is 1. The monoisotopic (exact) mass is 614 g/mol. The molecule has 0 saturated carbocycles. The van der Waals surface area contributed by atoms with E-state index < -0.39 is 0 Å². The first-order valence-electron chi connectivity index (χ1n) is 13.0. The Balaban J connectivity index is 0.000000225. The molecular weight excluding hydrogens is 587 g/mol. The Labute approximate surface area is 259 Å². The van der Waals surface area contributed by atoms with Gasteiger partial charge in [-0.3, -0.25) is 0 Å². The van der Waals surface area contributed by atoms with Gasteiger partial charge < -0.3 is 20.5 Å². The van der Waals surface area contributed by atoms with Crippen molar-refractivity contribution in [2.75, 3.05) is 5.32 Å². The van der Waals surface area contributed by atoms with Crippen LogP contribution in [0.1, 0.15) is 11.1 Å². The summed E-state index contributed by atoms with van der Waals surface area (Å²) in [5, 5.41) is 15.6. The van der Waals surface area contributed by atoms with Gasteiger partial charge in [0.05, 0.1) is 10.7 Å². The number of benzene rings is 3. The van der Waals surface area contributed by atoms with Crippen LogP contribution in [-0.4, -0.2) is 30.2 Å². The maximum atomic E-state index is 6.25. The molecule has 10 nitrogen and oxygen atoms in total. The second kappa shape index (κ2) is 15.8. The molecule has 0 saturated heterocycles. The molecule has 3 N–H and O–H groups in total. The molecule has 0 bridgehead atoms. The first kappa shape index (κ1) is 30.9. The fraction of sp³-hybridized carbons (Fsp3) is 0.0645. The number of ether oxygens (including phenoxy) is 2. The second-order valence-corrected chi connectivity index (χ2v) is 9.09. The van der Waals surface area contributed by atoms with Gasteiger partial charge in [0.2, 0.25) is 17.7 Å². The third kappa shape index (κ3) is 8.49. The number of para-hydroxylation sites is 3. The van der Waals surface area contributed by atoms with Crippen LogP contribution < -0.4 is 20.5 Å². The normalized spacial score (nSPS) is 10.1. The van der Waals surface area contributed by atoms with Crippen LogP contribution in [-0.2, 0) is 13.1 Å². The second-order valence-electron chi connectivity index (χ2n) is 8.68. The maximum Gasteiger partial charge on any atom is 0.248 e. The van der Waals surface area contributed by atoms with Gasteiger partial charge in [0.1, 0.15) is 11.5 Å². The van der Waals surface area contributed by atoms with Crippen LogP contribution in [0, 0.1) is 0 Å². The van der Waals surface area contributed by atoms with Gasteiger partial charge >= 0.3 is 0 Å². The lowest BCUT2D eigenvalue weighted by Crippen LogP contribution is -2.08. The molecule has 6 rings (SSSR count). The van der Waals surface area contributed by atoms with Gasteiger partial charge in [0.25, 0.3) is 0 Å². The van der Waals surface area contributed by atoms with Crippen molar-refractivity contribution in [3.8, 4) is 28.9 Å². The van der Waals surface area contributed by atoms with Crippen LogP contribution in [0.2, 0.25) is 5.02 Å². The van der Waals surface area contributed by atoms with Crippen LogP contribution in [0.15, 0.2) is 122 Å². The molecule has 43 heavy (non-hydrogen) atoms. The predicted octanol–water partition coefficient (Wildman–Crippen LogP) is 6.87. The quantitative estimate of drug-likeness (QED) is 0.179. The molecule has 0 aliphatic carbocycles. The summed E-state index contributed by atoms with van der Waals surface area (Å²) >= 11 is 6.25. The number of tetrazole rings is 1. The SMILES string of the molecule is Cl.Clc1ccccc1-n1nnnc1NCc1ccccc1Oc1ccccn1.NCc1ccccc1Oc1ccccn1. The summed E-state index contributed by atoms with van der Waals surface area (Å²) in [6.07, 6.45) is 3.38. The number of hydrogen-bond acceptors (Lipinski definition) is 9. The van der Waals surface area contributed by atoms with Gasteiger partial charge in [-0.15, -0.1) is 12.4 Å². The van der Waals surface area contributed by atoms with E-state index in [4.69, 9.17) is 26.8 Å². The minimum absolute atomic E-state index is 0. The average molecular weight is 616 g/mol. The highest BCUT2D eigenvalue weighted by atomic mass is 35.5. The Hall–Kier alpha value is -5.03. The molecule has 218 valence electrons. The van der Waals surface area contributed by atoms with Crippen LogP contribution >= 0.6 is 24.0 Å². The molecule has 0 amide bonds. The van der Waals surface area contributed by atoms with E-state index in [9.17, 15) is 0 Å². The van der Waals surface area contributed by atoms with Gasteiger partial charge in [0, 0.05) is 48.7 Å². The van der Waals surface area contributed by atoms with Crippen molar-refractivity contribution >= 4 is 30.0 Å². The number of nitrogens with zero attached hydrogens (tertiary/aromatic N) is 6. The molecule has 0 fully saturated rings. The molecule has 0 aliphatic rings. The molecule has 6 aromatic rings. The Bertz CT molecular complexity index is 1710. The summed E-state index contributed by atoms with van der Waals surface area (Å²) in [6, 6.07) is 33.8. The van der Waals surface area contributed by atoms with Crippen molar-refractivity contribution < 1.29 is 9.47 Å². The molecular formula is C31H28Cl2N8O2. The zero-order valence-corrected chi connectivity index (χ0v) is 24.4. The number of halogens is 2. The highest BCUT2D eigenvalue weighted by molar-refractivity contribution is 6.32. The molecule has 0 unspecified atom stereocenters. The van der Waals surface area contributed by atoms with Gasteiger partial charge in [-0.25, -0.2) is 9.97 Å². The van der Waals surface area contributed by atoms with Gasteiger partial charge in [-0.05, 0) is 46.8 Å². The number of hydrogen-bond donors (Lipinski definition) is 2. The van der Waals surface area contributed by atoms with E-state index in [2.05, 4.69) is 30.8 Å². The molecule has 0 aliphatic heterocycles. The highest BCUT2D eigenvalue weighted by Gasteiger charge is 2.12. The van der Waals surface area contributed by atoms with Crippen molar-refractivity contribution in [3.05, 3.63) is 138 Å². The summed E-state index contributed by atoms with van der Waals surface area (Å²) in [7, 11) is 0. The van der Waals surface area contributed by atoms with Crippen molar-refractivity contribution in [1.82, 2.24) is 30.2 Å². The number of rotatable bonds is 9. The zero-order valence-electron chi connectivity index (χ0n) is 22.8.